The van der Waals surface area contributed by atoms with E-state index in [1.807, 2.05) is 6.92 Å². The van der Waals surface area contributed by atoms with Crippen molar-refractivity contribution in [1.82, 2.24) is 0 Å². The Balaban J connectivity index is 2.63. The maximum Gasteiger partial charge on any atom is 0.202 e. The van der Waals surface area contributed by atoms with Gasteiger partial charge >= 0.3 is 0 Å². The maximum absolute atomic E-state index is 9.25. The summed E-state index contributed by atoms with van der Waals surface area (Å²) >= 11 is 0. The summed E-state index contributed by atoms with van der Waals surface area (Å²) in [6, 6.07) is 0.394. The largest absolute Gasteiger partial charge is 0.291 e. The van der Waals surface area contributed by atoms with E-state index in [4.69, 9.17) is 0 Å². The highest BCUT2D eigenvalue weighted by molar-refractivity contribution is 5.77. The minimum Gasteiger partial charge on any atom is -0.291 e. The van der Waals surface area contributed by atoms with Gasteiger partial charge in [0.1, 0.15) is 0 Å². The van der Waals surface area contributed by atoms with Gasteiger partial charge in [-0.1, -0.05) is 6.92 Å². The average molecular weight is 128 g/mol. The first-order valence-electron chi connectivity index (χ1n) is 3.56. The third-order valence-corrected chi connectivity index (χ3v) is 2.05. The van der Waals surface area contributed by atoms with Crippen LogP contribution in [0, 0.1) is 0 Å². The van der Waals surface area contributed by atoms with Gasteiger partial charge in [-0.05, 0) is 4.74 Å². The quantitative estimate of drug-likeness (QED) is 0.419. The van der Waals surface area contributed by atoms with Crippen LogP contribution in [0.25, 0.3) is 0 Å². The molecule has 2 heteroatoms. The summed E-state index contributed by atoms with van der Waals surface area (Å²) < 4.78 is 1.42. The van der Waals surface area contributed by atoms with Gasteiger partial charge in [0.25, 0.3) is 0 Å². The Labute approximate surface area is 55.8 Å². The Bertz CT molecular complexity index is 140. The molecule has 0 aromatic heterocycles. The minimum absolute atomic E-state index is 0.394. The van der Waals surface area contributed by atoms with E-state index in [1.54, 1.807) is 0 Å². The summed E-state index contributed by atoms with van der Waals surface area (Å²) in [5.41, 5.74) is 1.11. The van der Waals surface area contributed by atoms with E-state index >= 15 is 0 Å². The Kier molecular flexibility index (Phi) is 1.74. The zero-order valence-corrected chi connectivity index (χ0v) is 6.09. The van der Waals surface area contributed by atoms with Crippen LogP contribution in [0.1, 0.15) is 33.1 Å². The van der Waals surface area contributed by atoms with Gasteiger partial charge in [-0.25, -0.2) is 0 Å². The SMILES string of the molecule is CCC1CCC(C)=[N+]1O. The number of hydrogen-bond acceptors (Lipinski definition) is 1. The predicted octanol–water partition coefficient (Wildman–Crippen LogP) is 1.42. The second-order valence-corrected chi connectivity index (χ2v) is 2.68. The zero-order valence-electron chi connectivity index (χ0n) is 6.09. The Hall–Kier alpha value is -0.530. The molecule has 0 aliphatic carbocycles. The Morgan fingerprint density at radius 3 is 2.67 bits per heavy atom. The highest BCUT2D eigenvalue weighted by Gasteiger charge is 2.28. The number of hydroxylamine groups is 1. The van der Waals surface area contributed by atoms with E-state index in [0.29, 0.717) is 6.04 Å². The van der Waals surface area contributed by atoms with Gasteiger partial charge in [-0.3, -0.25) is 5.21 Å². The number of rotatable bonds is 1. The van der Waals surface area contributed by atoms with Crippen LogP contribution in [0.2, 0.25) is 0 Å². The van der Waals surface area contributed by atoms with E-state index in [0.717, 1.165) is 25.0 Å². The second-order valence-electron chi connectivity index (χ2n) is 2.68. The second kappa shape index (κ2) is 2.38. The van der Waals surface area contributed by atoms with Gasteiger partial charge < -0.3 is 0 Å². The van der Waals surface area contributed by atoms with Crippen LogP contribution in [0.5, 0.6) is 0 Å². The first-order valence-corrected chi connectivity index (χ1v) is 3.56. The molecule has 0 bridgehead atoms. The van der Waals surface area contributed by atoms with Crippen LogP contribution in [-0.2, 0) is 0 Å². The van der Waals surface area contributed by atoms with Crippen LogP contribution in [0.15, 0.2) is 0 Å². The van der Waals surface area contributed by atoms with Crippen LogP contribution in [0.4, 0.5) is 0 Å². The molecule has 2 nitrogen and oxygen atoms in total. The smallest absolute Gasteiger partial charge is 0.202 e. The van der Waals surface area contributed by atoms with Crippen molar-refractivity contribution in [2.45, 2.75) is 39.2 Å². The molecule has 1 heterocycles. The summed E-state index contributed by atoms with van der Waals surface area (Å²) in [5.74, 6) is 0. The van der Waals surface area contributed by atoms with Crippen molar-refractivity contribution in [1.29, 1.82) is 0 Å². The van der Waals surface area contributed by atoms with E-state index in [1.165, 1.54) is 4.74 Å². The van der Waals surface area contributed by atoms with Gasteiger partial charge in [0, 0.05) is 26.2 Å². The van der Waals surface area contributed by atoms with Crippen molar-refractivity contribution in [2.75, 3.05) is 0 Å². The number of hydrogen-bond donors (Lipinski definition) is 1. The van der Waals surface area contributed by atoms with Gasteiger partial charge in [-0.15, -0.1) is 0 Å². The van der Waals surface area contributed by atoms with Crippen LogP contribution in [0.3, 0.4) is 0 Å². The Morgan fingerprint density at radius 1 is 1.78 bits per heavy atom. The molecule has 1 aliphatic rings. The first-order chi connectivity index (χ1) is 4.25. The molecular formula is C7H14NO+. The summed E-state index contributed by atoms with van der Waals surface area (Å²) in [6.07, 6.45) is 3.24. The topological polar surface area (TPSA) is 23.2 Å². The highest BCUT2D eigenvalue weighted by atomic mass is 16.5. The predicted molar refractivity (Wildman–Crippen MR) is 36.0 cm³/mol. The lowest BCUT2D eigenvalue weighted by Gasteiger charge is -1.96. The lowest BCUT2D eigenvalue weighted by Crippen LogP contribution is -2.18. The van der Waals surface area contributed by atoms with Crippen LogP contribution < -0.4 is 0 Å². The van der Waals surface area contributed by atoms with Crippen molar-refractivity contribution < 1.29 is 9.95 Å². The van der Waals surface area contributed by atoms with E-state index in [9.17, 15) is 5.21 Å². The molecule has 0 aromatic carbocycles. The molecule has 0 radical (unpaired) electrons. The van der Waals surface area contributed by atoms with Crippen molar-refractivity contribution in [3.63, 3.8) is 0 Å². The standard InChI is InChI=1S/C7H14NO/c1-3-7-5-4-6(2)8(7)9/h7,9H,3-5H2,1-2H3/q+1. The summed E-state index contributed by atoms with van der Waals surface area (Å²) in [5, 5.41) is 9.25. The first kappa shape index (κ1) is 6.59. The van der Waals surface area contributed by atoms with Crippen LogP contribution >= 0.6 is 0 Å². The lowest BCUT2D eigenvalue weighted by molar-refractivity contribution is -0.794. The molecule has 0 fully saturated rings. The fourth-order valence-corrected chi connectivity index (χ4v) is 1.30. The summed E-state index contributed by atoms with van der Waals surface area (Å²) in [6.45, 7) is 4.09. The van der Waals surface area contributed by atoms with Gasteiger partial charge in [0.2, 0.25) is 11.8 Å². The zero-order chi connectivity index (χ0) is 6.85. The molecule has 1 N–H and O–H groups in total. The molecule has 1 rings (SSSR count). The van der Waals surface area contributed by atoms with E-state index < -0.39 is 0 Å². The molecular weight excluding hydrogens is 114 g/mol. The monoisotopic (exact) mass is 128 g/mol. The summed E-state index contributed by atoms with van der Waals surface area (Å²) in [7, 11) is 0. The van der Waals surface area contributed by atoms with Crippen LogP contribution in [-0.4, -0.2) is 21.7 Å². The van der Waals surface area contributed by atoms with Crippen molar-refractivity contribution in [3.8, 4) is 0 Å². The van der Waals surface area contributed by atoms with Crippen molar-refractivity contribution in [3.05, 3.63) is 0 Å². The van der Waals surface area contributed by atoms with E-state index in [-0.39, 0.29) is 0 Å². The molecule has 0 spiro atoms. The minimum atomic E-state index is 0.394. The Morgan fingerprint density at radius 2 is 2.44 bits per heavy atom. The third kappa shape index (κ3) is 1.07. The van der Waals surface area contributed by atoms with Crippen molar-refractivity contribution >= 4 is 5.71 Å². The van der Waals surface area contributed by atoms with E-state index in [2.05, 4.69) is 6.92 Å². The fourth-order valence-electron chi connectivity index (χ4n) is 1.30. The third-order valence-electron chi connectivity index (χ3n) is 2.05. The number of nitrogens with zero attached hydrogens (tertiary/aromatic N) is 1. The lowest BCUT2D eigenvalue weighted by atomic mass is 10.1. The molecule has 0 saturated carbocycles. The molecule has 1 aliphatic heterocycles. The molecule has 1 unspecified atom stereocenters. The van der Waals surface area contributed by atoms with Gasteiger partial charge in [0.15, 0.2) is 0 Å². The van der Waals surface area contributed by atoms with Gasteiger partial charge in [-0.2, -0.15) is 0 Å². The molecule has 0 saturated heterocycles. The van der Waals surface area contributed by atoms with Gasteiger partial charge in [0.05, 0.1) is 0 Å². The highest BCUT2D eigenvalue weighted by Crippen LogP contribution is 2.13. The molecule has 0 aromatic rings. The maximum atomic E-state index is 9.25. The molecule has 52 valence electrons. The fraction of sp³-hybridized carbons (Fsp3) is 0.857. The van der Waals surface area contributed by atoms with Crippen molar-refractivity contribution in [2.24, 2.45) is 0 Å². The molecule has 1 atom stereocenters. The average Bonchev–Trinajstić information content (AvgIpc) is 2.15. The molecule has 0 amide bonds. The normalized spacial score (nSPS) is 27.6. The molecule has 9 heavy (non-hydrogen) atoms. The summed E-state index contributed by atoms with van der Waals surface area (Å²) in [4.78, 5) is 0.